The number of aromatic nitrogens is 4. The van der Waals surface area contributed by atoms with Crippen molar-refractivity contribution >= 4 is 46.2 Å². The molecule has 1 atom stereocenters. The maximum Gasteiger partial charge on any atom is 0.410 e. The maximum atomic E-state index is 13.6. The van der Waals surface area contributed by atoms with Crippen LogP contribution in [0.4, 0.5) is 38.1 Å². The van der Waals surface area contributed by atoms with Gasteiger partial charge in [0.05, 0.1) is 12.2 Å². The van der Waals surface area contributed by atoms with Gasteiger partial charge >= 0.3 is 6.09 Å². The van der Waals surface area contributed by atoms with Crippen molar-refractivity contribution in [2.45, 2.75) is 38.8 Å². The first kappa shape index (κ1) is 28.7. The number of hydrogen-bond acceptors (Lipinski definition) is 9. The van der Waals surface area contributed by atoms with Crippen molar-refractivity contribution in [1.29, 1.82) is 0 Å². The lowest BCUT2D eigenvalue weighted by molar-refractivity contribution is 0.0289. The molecular weight excluding hydrogens is 549 g/mol. The number of amides is 1. The molecule has 0 saturated carbocycles. The fourth-order valence-corrected chi connectivity index (χ4v) is 5.44. The van der Waals surface area contributed by atoms with Gasteiger partial charge in [-0.05, 0) is 82.8 Å². The molecule has 2 saturated heterocycles. The molecule has 0 aliphatic carbocycles. The molecule has 4 heterocycles. The molecule has 0 radical (unpaired) electrons. The van der Waals surface area contributed by atoms with Gasteiger partial charge in [0.1, 0.15) is 16.9 Å². The fraction of sp³-hybridized carbons (Fsp3) is 0.419. The Morgan fingerprint density at radius 3 is 2.30 bits per heavy atom. The van der Waals surface area contributed by atoms with Crippen molar-refractivity contribution in [3.8, 4) is 0 Å². The molecule has 2 N–H and O–H groups in total. The standard InChI is InChI=1S/C31H38FN9O2/c1-31(2,3)43-30(42)40-14-13-25(20-40)41-27-26(36-29(41)35-23-7-5-21(32)6-8-23)19-33-28(37-27)34-22-9-11-24(12-10-22)39-17-15-38(4)16-18-39/h5-12,19,25H,13-18,20H2,1-4H3,(H,35,36)(H,33,34,37)/t25-/m1/s1. The molecule has 4 aromatic rings. The van der Waals surface area contributed by atoms with E-state index in [1.807, 2.05) is 37.5 Å². The van der Waals surface area contributed by atoms with Crippen molar-refractivity contribution in [2.24, 2.45) is 0 Å². The molecule has 2 aliphatic rings. The van der Waals surface area contributed by atoms with Crippen molar-refractivity contribution in [3.63, 3.8) is 0 Å². The number of rotatable bonds is 6. The lowest BCUT2D eigenvalue weighted by Crippen LogP contribution is -2.44. The van der Waals surface area contributed by atoms with E-state index in [4.69, 9.17) is 14.7 Å². The van der Waals surface area contributed by atoms with E-state index < -0.39 is 5.60 Å². The minimum Gasteiger partial charge on any atom is -0.444 e. The van der Waals surface area contributed by atoms with Gasteiger partial charge < -0.3 is 30.1 Å². The highest BCUT2D eigenvalue weighted by molar-refractivity contribution is 5.77. The van der Waals surface area contributed by atoms with Crippen molar-refractivity contribution in [2.75, 3.05) is 61.8 Å². The number of ether oxygens (including phenoxy) is 1. The molecule has 0 unspecified atom stereocenters. The number of likely N-dealkylation sites (tertiary alicyclic amines) is 1. The lowest BCUT2D eigenvalue weighted by Gasteiger charge is -2.34. The molecule has 12 heteroatoms. The average Bonchev–Trinajstić information content (AvgIpc) is 3.59. The van der Waals surface area contributed by atoms with Gasteiger partial charge in [0, 0.05) is 56.3 Å². The monoisotopic (exact) mass is 587 g/mol. The van der Waals surface area contributed by atoms with Crippen LogP contribution in [-0.4, -0.2) is 87.3 Å². The lowest BCUT2D eigenvalue weighted by atomic mass is 10.2. The Balaban J connectivity index is 1.27. The van der Waals surface area contributed by atoms with Crippen LogP contribution in [0.25, 0.3) is 11.2 Å². The molecular formula is C31H38FN9O2. The highest BCUT2D eigenvalue weighted by Gasteiger charge is 2.33. The first-order valence-electron chi connectivity index (χ1n) is 14.7. The van der Waals surface area contributed by atoms with E-state index in [9.17, 15) is 9.18 Å². The zero-order chi connectivity index (χ0) is 30.1. The van der Waals surface area contributed by atoms with Gasteiger partial charge in [-0.3, -0.25) is 4.57 Å². The van der Waals surface area contributed by atoms with Gasteiger partial charge in [-0.2, -0.15) is 4.98 Å². The molecule has 2 aromatic carbocycles. The van der Waals surface area contributed by atoms with Gasteiger partial charge in [-0.1, -0.05) is 0 Å². The molecule has 2 fully saturated rings. The van der Waals surface area contributed by atoms with Gasteiger partial charge in [-0.25, -0.2) is 19.2 Å². The minimum atomic E-state index is -0.581. The second-order valence-corrected chi connectivity index (χ2v) is 12.2. The number of halogens is 1. The summed E-state index contributed by atoms with van der Waals surface area (Å²) in [6.07, 6.45) is 2.05. The van der Waals surface area contributed by atoms with E-state index in [1.54, 1.807) is 23.2 Å². The van der Waals surface area contributed by atoms with Crippen LogP contribution in [0, 0.1) is 5.82 Å². The molecule has 11 nitrogen and oxygen atoms in total. The van der Waals surface area contributed by atoms with Crippen LogP contribution in [0.1, 0.15) is 33.2 Å². The second kappa shape index (κ2) is 11.7. The largest absolute Gasteiger partial charge is 0.444 e. The molecule has 0 spiro atoms. The Hall–Kier alpha value is -4.45. The number of anilines is 5. The van der Waals surface area contributed by atoms with E-state index in [0.29, 0.717) is 48.3 Å². The number of carbonyl (C=O) groups is 1. The third-order valence-electron chi connectivity index (χ3n) is 7.71. The number of nitrogens with one attached hydrogen (secondary N) is 2. The maximum absolute atomic E-state index is 13.6. The van der Waals surface area contributed by atoms with Gasteiger partial charge in [0.25, 0.3) is 0 Å². The average molecular weight is 588 g/mol. The first-order valence-corrected chi connectivity index (χ1v) is 14.7. The molecule has 6 rings (SSSR count). The van der Waals surface area contributed by atoms with Crippen molar-refractivity contribution < 1.29 is 13.9 Å². The SMILES string of the molecule is CN1CCN(c2ccc(Nc3ncc4nc(Nc5ccc(F)cc5)n([C@@H]5CCN(C(=O)OC(C)(C)C)C5)c4n3)cc2)CC1. The number of nitrogens with zero attached hydrogens (tertiary/aromatic N) is 7. The number of imidazole rings is 1. The van der Waals surface area contributed by atoms with Crippen LogP contribution < -0.4 is 15.5 Å². The highest BCUT2D eigenvalue weighted by atomic mass is 19.1. The molecule has 226 valence electrons. The van der Waals surface area contributed by atoms with Gasteiger partial charge in [-0.15, -0.1) is 0 Å². The normalized spacial score (nSPS) is 17.8. The summed E-state index contributed by atoms with van der Waals surface area (Å²) < 4.78 is 21.2. The number of hydrogen-bond donors (Lipinski definition) is 2. The van der Waals surface area contributed by atoms with E-state index in [1.165, 1.54) is 17.8 Å². The third-order valence-corrected chi connectivity index (χ3v) is 7.71. The fourth-order valence-electron chi connectivity index (χ4n) is 5.44. The Bertz CT molecular complexity index is 1580. The zero-order valence-corrected chi connectivity index (χ0v) is 25.0. The topological polar surface area (TPSA) is 104 Å². The number of carbonyl (C=O) groups excluding carboxylic acids is 1. The molecule has 0 bridgehead atoms. The Kier molecular flexibility index (Phi) is 7.78. The van der Waals surface area contributed by atoms with Crippen LogP contribution in [0.2, 0.25) is 0 Å². The second-order valence-electron chi connectivity index (χ2n) is 12.2. The summed E-state index contributed by atoms with van der Waals surface area (Å²) in [7, 11) is 2.15. The zero-order valence-electron chi connectivity index (χ0n) is 25.0. The summed E-state index contributed by atoms with van der Waals surface area (Å²) in [6, 6.07) is 14.3. The number of likely N-dealkylation sites (N-methyl/N-ethyl adjacent to an activating group) is 1. The van der Waals surface area contributed by atoms with E-state index in [-0.39, 0.29) is 18.0 Å². The minimum absolute atomic E-state index is 0.105. The molecule has 1 amide bonds. The van der Waals surface area contributed by atoms with Crippen LogP contribution >= 0.6 is 0 Å². The number of piperazine rings is 1. The predicted octanol–water partition coefficient (Wildman–Crippen LogP) is 5.39. The molecule has 2 aliphatic heterocycles. The third kappa shape index (κ3) is 6.64. The predicted molar refractivity (Wildman–Crippen MR) is 166 cm³/mol. The Morgan fingerprint density at radius 1 is 0.930 bits per heavy atom. The van der Waals surface area contributed by atoms with E-state index >= 15 is 0 Å². The van der Waals surface area contributed by atoms with Crippen LogP contribution in [0.3, 0.4) is 0 Å². The van der Waals surface area contributed by atoms with Gasteiger partial charge in [0.15, 0.2) is 5.65 Å². The number of fused-ring (bicyclic) bond motifs is 1. The van der Waals surface area contributed by atoms with E-state index in [2.05, 4.69) is 44.6 Å². The summed E-state index contributed by atoms with van der Waals surface area (Å²) in [5.74, 6) is 0.665. The highest BCUT2D eigenvalue weighted by Crippen LogP contribution is 2.32. The summed E-state index contributed by atoms with van der Waals surface area (Å²) in [6.45, 7) is 10.7. The van der Waals surface area contributed by atoms with Crippen LogP contribution in [-0.2, 0) is 4.74 Å². The first-order chi connectivity index (χ1) is 20.6. The van der Waals surface area contributed by atoms with Gasteiger partial charge in [0.2, 0.25) is 11.9 Å². The van der Waals surface area contributed by atoms with Crippen LogP contribution in [0.5, 0.6) is 0 Å². The van der Waals surface area contributed by atoms with E-state index in [0.717, 1.165) is 31.9 Å². The summed E-state index contributed by atoms with van der Waals surface area (Å²) in [4.78, 5) is 33.5. The molecule has 43 heavy (non-hydrogen) atoms. The Labute approximate surface area is 250 Å². The summed E-state index contributed by atoms with van der Waals surface area (Å²) in [5, 5.41) is 6.64. The Morgan fingerprint density at radius 2 is 1.60 bits per heavy atom. The molecule has 2 aromatic heterocycles. The van der Waals surface area contributed by atoms with Crippen LogP contribution in [0.15, 0.2) is 54.7 Å². The quantitative estimate of drug-likeness (QED) is 0.307. The number of benzene rings is 2. The summed E-state index contributed by atoms with van der Waals surface area (Å²) >= 11 is 0. The van der Waals surface area contributed by atoms with Crippen molar-refractivity contribution in [1.82, 2.24) is 29.3 Å². The van der Waals surface area contributed by atoms with Crippen molar-refractivity contribution in [3.05, 3.63) is 60.5 Å². The smallest absolute Gasteiger partial charge is 0.410 e. The summed E-state index contributed by atoms with van der Waals surface area (Å²) in [5.41, 5.74) is 3.42.